The van der Waals surface area contributed by atoms with Gasteiger partial charge in [-0.15, -0.1) is 0 Å². The highest BCUT2D eigenvalue weighted by Gasteiger charge is 2.49. The van der Waals surface area contributed by atoms with E-state index in [0.29, 0.717) is 0 Å². The second-order valence-corrected chi connectivity index (χ2v) is 6.44. The summed E-state index contributed by atoms with van der Waals surface area (Å²) in [6, 6.07) is -1.90. The lowest BCUT2D eigenvalue weighted by molar-refractivity contribution is -0.296. The highest BCUT2D eigenvalue weighted by molar-refractivity contribution is 5.00. The molecule has 0 aromatic rings. The van der Waals surface area contributed by atoms with E-state index >= 15 is 0 Å². The minimum Gasteiger partial charge on any atom is -0.389 e. The SMILES string of the molecule is CN[C@@H]1[C@@H](O)[C@@H](O[C@H]2[C@H](N)C[C@H](N)C(O)[C@@H]2O)OC[C@]1(C)O. The highest BCUT2D eigenvalue weighted by atomic mass is 16.7. The van der Waals surface area contributed by atoms with Gasteiger partial charge in [-0.3, -0.25) is 0 Å². The fourth-order valence-electron chi connectivity index (χ4n) is 3.19. The zero-order valence-electron chi connectivity index (χ0n) is 12.8. The third kappa shape index (κ3) is 3.28. The monoisotopic (exact) mass is 321 g/mol. The molecule has 9 nitrogen and oxygen atoms in total. The van der Waals surface area contributed by atoms with Crippen molar-refractivity contribution in [3.8, 4) is 0 Å². The van der Waals surface area contributed by atoms with E-state index in [1.165, 1.54) is 6.92 Å². The van der Waals surface area contributed by atoms with Crippen molar-refractivity contribution in [2.45, 2.75) is 67.8 Å². The molecule has 2 rings (SSSR count). The van der Waals surface area contributed by atoms with Gasteiger partial charge in [0.2, 0.25) is 0 Å². The molecule has 1 heterocycles. The van der Waals surface area contributed by atoms with Gasteiger partial charge in [0, 0.05) is 12.1 Å². The van der Waals surface area contributed by atoms with Crippen LogP contribution in [0.25, 0.3) is 0 Å². The summed E-state index contributed by atoms with van der Waals surface area (Å²) in [7, 11) is 1.61. The maximum atomic E-state index is 10.3. The van der Waals surface area contributed by atoms with Gasteiger partial charge in [0.1, 0.15) is 23.9 Å². The number of aliphatic hydroxyl groups excluding tert-OH is 3. The van der Waals surface area contributed by atoms with Crippen LogP contribution in [0.5, 0.6) is 0 Å². The Morgan fingerprint density at radius 2 is 1.77 bits per heavy atom. The van der Waals surface area contributed by atoms with Gasteiger partial charge in [-0.05, 0) is 20.4 Å². The Labute approximate surface area is 129 Å². The average Bonchev–Trinajstić information content (AvgIpc) is 2.43. The van der Waals surface area contributed by atoms with E-state index in [0.717, 1.165) is 0 Å². The lowest BCUT2D eigenvalue weighted by Crippen LogP contribution is -2.68. The van der Waals surface area contributed by atoms with Gasteiger partial charge < -0.3 is 46.7 Å². The fraction of sp³-hybridized carbons (Fsp3) is 1.00. The van der Waals surface area contributed by atoms with Crippen molar-refractivity contribution in [2.75, 3.05) is 13.7 Å². The van der Waals surface area contributed by atoms with Crippen LogP contribution in [0.1, 0.15) is 13.3 Å². The standard InChI is InChI=1S/C13H27N3O6/c1-13(20)4-21-12(9(19)11(13)16-2)22-10-6(15)3-5(14)7(17)8(10)18/h5-12,16-20H,3-4,14-15H2,1-2H3/t5-,6+,7?,8-,9+,10-,11+,12+,13-/m0/s1. The van der Waals surface area contributed by atoms with E-state index in [1.807, 2.05) is 0 Å². The minimum absolute atomic E-state index is 0.0552. The molecule has 2 aliphatic rings. The van der Waals surface area contributed by atoms with Crippen molar-refractivity contribution >= 4 is 0 Å². The molecule has 0 radical (unpaired) electrons. The summed E-state index contributed by atoms with van der Waals surface area (Å²) in [5, 5.41) is 43.2. The van der Waals surface area contributed by atoms with Crippen molar-refractivity contribution < 1.29 is 29.9 Å². The molecule has 22 heavy (non-hydrogen) atoms. The number of hydrogen-bond donors (Lipinski definition) is 7. The molecule has 130 valence electrons. The van der Waals surface area contributed by atoms with Crippen LogP contribution in [0, 0.1) is 0 Å². The Bertz CT molecular complexity index is 385. The smallest absolute Gasteiger partial charge is 0.185 e. The molecule has 0 bridgehead atoms. The van der Waals surface area contributed by atoms with Crippen LogP contribution in [0.3, 0.4) is 0 Å². The quantitative estimate of drug-likeness (QED) is 0.276. The fourth-order valence-corrected chi connectivity index (χ4v) is 3.19. The molecular formula is C13H27N3O6. The molecule has 1 saturated heterocycles. The maximum absolute atomic E-state index is 10.3. The van der Waals surface area contributed by atoms with Crippen molar-refractivity contribution in [1.29, 1.82) is 0 Å². The second-order valence-electron chi connectivity index (χ2n) is 6.44. The van der Waals surface area contributed by atoms with Gasteiger partial charge in [0.25, 0.3) is 0 Å². The van der Waals surface area contributed by atoms with Crippen LogP contribution in [0.4, 0.5) is 0 Å². The predicted molar refractivity (Wildman–Crippen MR) is 76.7 cm³/mol. The van der Waals surface area contributed by atoms with Gasteiger partial charge in [0.15, 0.2) is 6.29 Å². The van der Waals surface area contributed by atoms with Gasteiger partial charge in [-0.2, -0.15) is 0 Å². The molecule has 0 aromatic carbocycles. The first-order chi connectivity index (χ1) is 10.2. The number of rotatable bonds is 3. The first-order valence-electron chi connectivity index (χ1n) is 7.41. The lowest BCUT2D eigenvalue weighted by Gasteiger charge is -2.47. The van der Waals surface area contributed by atoms with E-state index in [-0.39, 0.29) is 13.0 Å². The molecule has 9 heteroatoms. The molecular weight excluding hydrogens is 294 g/mol. The molecule has 2 fully saturated rings. The van der Waals surface area contributed by atoms with Crippen LogP contribution in [-0.4, -0.2) is 88.5 Å². The Kier molecular flexibility index (Phi) is 5.42. The van der Waals surface area contributed by atoms with E-state index in [9.17, 15) is 20.4 Å². The summed E-state index contributed by atoms with van der Waals surface area (Å²) in [5.41, 5.74) is 10.4. The molecule has 1 unspecified atom stereocenters. The molecule has 9 N–H and O–H groups in total. The van der Waals surface area contributed by atoms with Crippen molar-refractivity contribution in [1.82, 2.24) is 5.32 Å². The van der Waals surface area contributed by atoms with Gasteiger partial charge in [-0.1, -0.05) is 0 Å². The van der Waals surface area contributed by atoms with Crippen molar-refractivity contribution in [2.24, 2.45) is 11.5 Å². The zero-order valence-corrected chi connectivity index (χ0v) is 12.8. The van der Waals surface area contributed by atoms with Crippen LogP contribution < -0.4 is 16.8 Å². The maximum Gasteiger partial charge on any atom is 0.185 e. The first-order valence-corrected chi connectivity index (χ1v) is 7.41. The second kappa shape index (κ2) is 6.63. The van der Waals surface area contributed by atoms with E-state index in [1.54, 1.807) is 7.05 Å². The third-order valence-electron chi connectivity index (χ3n) is 4.52. The van der Waals surface area contributed by atoms with Crippen molar-refractivity contribution in [3.05, 3.63) is 0 Å². The highest BCUT2D eigenvalue weighted by Crippen LogP contribution is 2.28. The molecule has 0 spiro atoms. The summed E-state index contributed by atoms with van der Waals surface area (Å²) < 4.78 is 11.0. The lowest BCUT2D eigenvalue weighted by atomic mass is 9.84. The molecule has 0 amide bonds. The molecule has 0 aromatic heterocycles. The predicted octanol–water partition coefficient (Wildman–Crippen LogP) is -3.79. The summed E-state index contributed by atoms with van der Waals surface area (Å²) in [5.74, 6) is 0. The number of nitrogens with one attached hydrogen (secondary N) is 1. The molecule has 9 atom stereocenters. The third-order valence-corrected chi connectivity index (χ3v) is 4.52. The average molecular weight is 321 g/mol. The van der Waals surface area contributed by atoms with Crippen LogP contribution >= 0.6 is 0 Å². The van der Waals surface area contributed by atoms with Crippen molar-refractivity contribution in [3.63, 3.8) is 0 Å². The summed E-state index contributed by atoms with van der Waals surface area (Å²) in [4.78, 5) is 0. The number of hydrogen-bond acceptors (Lipinski definition) is 9. The molecule has 1 aliphatic heterocycles. The topological polar surface area (TPSA) is 163 Å². The van der Waals surface area contributed by atoms with E-state index in [4.69, 9.17) is 20.9 Å². The summed E-state index contributed by atoms with van der Waals surface area (Å²) in [6.45, 7) is 1.48. The van der Waals surface area contributed by atoms with Gasteiger partial charge in [0.05, 0.1) is 18.8 Å². The van der Waals surface area contributed by atoms with Crippen LogP contribution in [0.2, 0.25) is 0 Å². The number of aliphatic hydroxyl groups is 4. The summed E-state index contributed by atoms with van der Waals surface area (Å²) >= 11 is 0. The first kappa shape index (κ1) is 18.0. The normalized spacial score (nSPS) is 53.5. The number of nitrogens with two attached hydrogens (primary N) is 2. The van der Waals surface area contributed by atoms with Crippen LogP contribution in [0.15, 0.2) is 0 Å². The van der Waals surface area contributed by atoms with Crippen LogP contribution in [-0.2, 0) is 9.47 Å². The van der Waals surface area contributed by atoms with E-state index in [2.05, 4.69) is 5.32 Å². The van der Waals surface area contributed by atoms with Gasteiger partial charge in [-0.25, -0.2) is 0 Å². The Morgan fingerprint density at radius 3 is 2.36 bits per heavy atom. The minimum atomic E-state index is -1.27. The van der Waals surface area contributed by atoms with Gasteiger partial charge >= 0.3 is 0 Å². The largest absolute Gasteiger partial charge is 0.389 e. The number of likely N-dealkylation sites (N-methyl/N-ethyl adjacent to an activating group) is 1. The Hall–Kier alpha value is -0.360. The summed E-state index contributed by atoms with van der Waals surface area (Å²) in [6.07, 6.45) is -5.32. The molecule has 1 saturated carbocycles. The zero-order chi connectivity index (χ0) is 16.7. The van der Waals surface area contributed by atoms with E-state index < -0.39 is 54.4 Å². The number of ether oxygens (including phenoxy) is 2. The molecule has 1 aliphatic carbocycles. The Balaban J connectivity index is 2.07. The Morgan fingerprint density at radius 1 is 1.14 bits per heavy atom.